The fourth-order valence-corrected chi connectivity index (χ4v) is 1.50. The summed E-state index contributed by atoms with van der Waals surface area (Å²) in [5.74, 6) is 0. The summed E-state index contributed by atoms with van der Waals surface area (Å²) in [6, 6.07) is 8.88. The number of aromatic nitrogens is 1. The van der Waals surface area contributed by atoms with Gasteiger partial charge < -0.3 is 8.83 Å². The van der Waals surface area contributed by atoms with Crippen LogP contribution in [0.4, 0.5) is 0 Å². The van der Waals surface area contributed by atoms with Gasteiger partial charge in [-0.15, -0.1) is 0 Å². The molecule has 0 N–H and O–H groups in total. The van der Waals surface area contributed by atoms with E-state index in [1.807, 2.05) is 18.2 Å². The third-order valence-corrected chi connectivity index (χ3v) is 2.21. The molecule has 0 aliphatic rings. The summed E-state index contributed by atoms with van der Waals surface area (Å²) in [5, 5.41) is 0.812. The molecule has 1 aromatic carbocycles. The second-order valence-electron chi connectivity index (χ2n) is 3.26. The molecule has 0 amide bonds. The molecule has 2 aromatic heterocycles. The van der Waals surface area contributed by atoms with Crippen molar-refractivity contribution in [3.8, 4) is 0 Å². The van der Waals surface area contributed by atoms with Crippen molar-refractivity contribution < 1.29 is 8.83 Å². The van der Waals surface area contributed by atoms with Crippen LogP contribution in [0.15, 0.2) is 48.8 Å². The van der Waals surface area contributed by atoms with Gasteiger partial charge in [-0.2, -0.15) is 0 Å². The fourth-order valence-electron chi connectivity index (χ4n) is 1.50. The highest BCUT2D eigenvalue weighted by molar-refractivity contribution is 5.87. The Hall–Kier alpha value is -2.43. The molecule has 0 aliphatic carbocycles. The van der Waals surface area contributed by atoms with Gasteiger partial charge >= 0.3 is 11.3 Å². The minimum Gasteiger partial charge on any atom is -0.412 e. The normalized spacial score (nSPS) is 11.0. The van der Waals surface area contributed by atoms with Gasteiger partial charge in [-0.1, -0.05) is 18.2 Å². The Balaban J connectivity index is 2.56. The maximum Gasteiger partial charge on any atom is 0.424 e. The maximum atomic E-state index is 11.0. The molecule has 0 saturated heterocycles. The lowest BCUT2D eigenvalue weighted by Crippen LogP contribution is -2.21. The molecule has 78 valence electrons. The van der Waals surface area contributed by atoms with Gasteiger partial charge in [-0.25, -0.2) is 14.6 Å². The Morgan fingerprint density at radius 1 is 1.00 bits per heavy atom. The van der Waals surface area contributed by atoms with Crippen molar-refractivity contribution in [2.45, 2.75) is 0 Å². The topological polar surface area (TPSA) is 73.3 Å². The van der Waals surface area contributed by atoms with Gasteiger partial charge in [0.25, 0.3) is 5.71 Å². The van der Waals surface area contributed by atoms with Crippen LogP contribution in [0.2, 0.25) is 0 Å². The number of nitrogens with zero attached hydrogens (tertiary/aromatic N) is 1. The van der Waals surface area contributed by atoms with Crippen LogP contribution in [0.5, 0.6) is 0 Å². The summed E-state index contributed by atoms with van der Waals surface area (Å²) < 4.78 is 9.50. The zero-order valence-corrected chi connectivity index (χ0v) is 7.97. The van der Waals surface area contributed by atoms with Gasteiger partial charge in [0, 0.05) is 5.39 Å². The van der Waals surface area contributed by atoms with Gasteiger partial charge in [-0.3, -0.25) is 0 Å². The van der Waals surface area contributed by atoms with E-state index in [1.54, 1.807) is 12.1 Å². The molecule has 0 radical (unpaired) electrons. The number of para-hydroxylation sites is 1. The van der Waals surface area contributed by atoms with E-state index in [0.717, 1.165) is 5.39 Å². The quantitative estimate of drug-likeness (QED) is 0.417. The largest absolute Gasteiger partial charge is 0.424 e. The summed E-state index contributed by atoms with van der Waals surface area (Å²) in [6.45, 7) is 0. The van der Waals surface area contributed by atoms with Crippen LogP contribution in [-0.4, -0.2) is 4.98 Å². The number of pyridine rings is 1. The summed E-state index contributed by atoms with van der Waals surface area (Å²) in [5.41, 5.74) is -1.20. The first-order chi connectivity index (χ1) is 7.74. The molecule has 0 atom stereocenters. The van der Waals surface area contributed by atoms with Crippen LogP contribution in [0.3, 0.4) is 0 Å². The average Bonchev–Trinajstić information content (AvgIpc) is 2.28. The molecule has 16 heavy (non-hydrogen) atoms. The average molecular weight is 215 g/mol. The van der Waals surface area contributed by atoms with E-state index in [-0.39, 0.29) is 11.3 Å². The van der Waals surface area contributed by atoms with Crippen LogP contribution in [0, 0.1) is 0 Å². The second-order valence-corrected chi connectivity index (χ2v) is 3.26. The van der Waals surface area contributed by atoms with Crippen molar-refractivity contribution in [3.63, 3.8) is 0 Å². The van der Waals surface area contributed by atoms with E-state index in [2.05, 4.69) is 4.98 Å². The van der Waals surface area contributed by atoms with E-state index in [1.165, 1.54) is 0 Å². The van der Waals surface area contributed by atoms with Crippen LogP contribution < -0.4 is 11.3 Å². The first-order valence-electron chi connectivity index (χ1n) is 4.58. The smallest absolute Gasteiger partial charge is 0.412 e. The minimum atomic E-state index is -1.05. The Labute approximate surface area is 87.9 Å². The fraction of sp³-hybridized carbons (Fsp3) is 0. The standard InChI is InChI=1S/C11H5NO4/c13-10-11(14)16-9-8(15-10)5-6-3-1-2-4-7(6)12-9/h1-5H. The number of hydrogen-bond donors (Lipinski definition) is 0. The molecule has 3 rings (SSSR count). The lowest BCUT2D eigenvalue weighted by molar-refractivity contribution is 0.443. The van der Waals surface area contributed by atoms with Crippen molar-refractivity contribution in [3.05, 3.63) is 51.2 Å². The van der Waals surface area contributed by atoms with E-state index in [0.29, 0.717) is 5.52 Å². The first kappa shape index (κ1) is 8.84. The Kier molecular flexibility index (Phi) is 1.67. The molecule has 3 aromatic rings. The molecule has 0 saturated carbocycles. The predicted molar refractivity (Wildman–Crippen MR) is 56.3 cm³/mol. The monoisotopic (exact) mass is 215 g/mol. The molecule has 5 nitrogen and oxygen atoms in total. The SMILES string of the molecule is O=c1oc2cc3ccccc3nc2oc1=O. The zero-order chi connectivity index (χ0) is 11.1. The van der Waals surface area contributed by atoms with Gasteiger partial charge in [0.2, 0.25) is 0 Å². The molecular formula is C11H5NO4. The molecule has 0 fully saturated rings. The van der Waals surface area contributed by atoms with E-state index in [4.69, 9.17) is 8.83 Å². The molecule has 0 spiro atoms. The van der Waals surface area contributed by atoms with Crippen molar-refractivity contribution in [1.29, 1.82) is 0 Å². The summed E-state index contributed by atoms with van der Waals surface area (Å²) in [7, 11) is 0. The van der Waals surface area contributed by atoms with Crippen LogP contribution in [0.25, 0.3) is 22.2 Å². The molecule has 0 unspecified atom stereocenters. The summed E-state index contributed by atoms with van der Waals surface area (Å²) >= 11 is 0. The molecular weight excluding hydrogens is 210 g/mol. The van der Waals surface area contributed by atoms with Crippen LogP contribution >= 0.6 is 0 Å². The van der Waals surface area contributed by atoms with Gasteiger partial charge in [0.1, 0.15) is 0 Å². The molecule has 5 heteroatoms. The Morgan fingerprint density at radius 2 is 1.75 bits per heavy atom. The van der Waals surface area contributed by atoms with Crippen LogP contribution in [-0.2, 0) is 0 Å². The number of fused-ring (bicyclic) bond motifs is 2. The van der Waals surface area contributed by atoms with Crippen molar-refractivity contribution in [2.75, 3.05) is 0 Å². The van der Waals surface area contributed by atoms with Gasteiger partial charge in [0.15, 0.2) is 5.58 Å². The highest BCUT2D eigenvalue weighted by Crippen LogP contribution is 2.16. The molecule has 0 bridgehead atoms. The number of hydrogen-bond acceptors (Lipinski definition) is 5. The predicted octanol–water partition coefficient (Wildman–Crippen LogP) is 1.29. The van der Waals surface area contributed by atoms with Crippen molar-refractivity contribution >= 4 is 22.2 Å². The van der Waals surface area contributed by atoms with Gasteiger partial charge in [-0.05, 0) is 12.1 Å². The lowest BCUT2D eigenvalue weighted by Gasteiger charge is -1.97. The summed E-state index contributed by atoms with van der Waals surface area (Å²) in [4.78, 5) is 26.0. The third kappa shape index (κ3) is 1.22. The van der Waals surface area contributed by atoms with Gasteiger partial charge in [0.05, 0.1) is 5.52 Å². The highest BCUT2D eigenvalue weighted by Gasteiger charge is 2.07. The first-order valence-corrected chi connectivity index (χ1v) is 4.58. The third-order valence-electron chi connectivity index (χ3n) is 2.21. The van der Waals surface area contributed by atoms with Crippen molar-refractivity contribution in [1.82, 2.24) is 4.98 Å². The van der Waals surface area contributed by atoms with E-state index in [9.17, 15) is 9.59 Å². The molecule has 2 heterocycles. The molecule has 0 aliphatic heterocycles. The number of rotatable bonds is 0. The Bertz CT molecular complexity index is 732. The second kappa shape index (κ2) is 3.03. The van der Waals surface area contributed by atoms with E-state index >= 15 is 0 Å². The Morgan fingerprint density at radius 3 is 2.62 bits per heavy atom. The zero-order valence-electron chi connectivity index (χ0n) is 7.97. The van der Waals surface area contributed by atoms with E-state index < -0.39 is 11.3 Å². The maximum absolute atomic E-state index is 11.0. The van der Waals surface area contributed by atoms with Crippen molar-refractivity contribution in [2.24, 2.45) is 0 Å². The number of benzene rings is 1. The highest BCUT2D eigenvalue weighted by atomic mass is 16.5. The lowest BCUT2D eigenvalue weighted by atomic mass is 10.2. The summed E-state index contributed by atoms with van der Waals surface area (Å²) in [6.07, 6.45) is 0. The minimum absolute atomic E-state index is 0.0308. The van der Waals surface area contributed by atoms with Crippen LogP contribution in [0.1, 0.15) is 0 Å².